The fraction of sp³-hybridized carbons (Fsp3) is 0.115. The molecular formula is C26H21N3O4S. The van der Waals surface area contributed by atoms with E-state index in [1.807, 2.05) is 36.6 Å². The lowest BCUT2D eigenvalue weighted by Gasteiger charge is -2.11. The lowest BCUT2D eigenvalue weighted by Crippen LogP contribution is -2.19. The van der Waals surface area contributed by atoms with Crippen molar-refractivity contribution in [1.82, 2.24) is 4.98 Å². The van der Waals surface area contributed by atoms with Gasteiger partial charge in [0.25, 0.3) is 5.91 Å². The molecule has 0 unspecified atom stereocenters. The lowest BCUT2D eigenvalue weighted by molar-refractivity contribution is -0.115. The highest BCUT2D eigenvalue weighted by atomic mass is 32.1. The number of hydrogen-bond donors (Lipinski definition) is 2. The van der Waals surface area contributed by atoms with Crippen LogP contribution in [0.4, 0.5) is 11.4 Å². The van der Waals surface area contributed by atoms with Gasteiger partial charge in [0.05, 0.1) is 23.4 Å². The first-order chi connectivity index (χ1) is 16.5. The van der Waals surface area contributed by atoms with E-state index >= 15 is 0 Å². The van der Waals surface area contributed by atoms with E-state index in [0.29, 0.717) is 34.1 Å². The van der Waals surface area contributed by atoms with Crippen LogP contribution < -0.4 is 20.1 Å². The summed E-state index contributed by atoms with van der Waals surface area (Å²) in [5.74, 6) is 0.625. The fourth-order valence-electron chi connectivity index (χ4n) is 3.54. The van der Waals surface area contributed by atoms with Gasteiger partial charge in [0.1, 0.15) is 5.01 Å². The Morgan fingerprint density at radius 2 is 1.76 bits per heavy atom. The molecule has 0 radical (unpaired) electrons. The molecule has 0 aliphatic carbocycles. The molecule has 0 fully saturated rings. The van der Waals surface area contributed by atoms with E-state index in [4.69, 9.17) is 9.47 Å². The van der Waals surface area contributed by atoms with E-state index in [1.54, 1.807) is 42.5 Å². The zero-order chi connectivity index (χ0) is 23.5. The lowest BCUT2D eigenvalue weighted by atomic mass is 10.1. The molecule has 1 aromatic heterocycles. The van der Waals surface area contributed by atoms with Crippen LogP contribution in [0, 0.1) is 6.92 Å². The molecule has 170 valence electrons. The summed E-state index contributed by atoms with van der Waals surface area (Å²) in [6, 6.07) is 20.2. The predicted molar refractivity (Wildman–Crippen MR) is 132 cm³/mol. The second-order valence-electron chi connectivity index (χ2n) is 7.80. The number of amides is 2. The molecule has 7 nitrogen and oxygen atoms in total. The van der Waals surface area contributed by atoms with E-state index < -0.39 is 0 Å². The van der Waals surface area contributed by atoms with Crippen LogP contribution in [0.2, 0.25) is 0 Å². The van der Waals surface area contributed by atoms with Gasteiger partial charge in [0.15, 0.2) is 11.5 Å². The standard InChI is InChI=1S/C26H21N3O4S/c1-16-6-8-17(9-7-16)26-28-19(14-34-26)13-24(30)29-21-5-3-2-4-20(21)25(31)27-18-10-11-22-23(12-18)33-15-32-22/h2-12,14H,13,15H2,1H3,(H,27,31)(H,29,30). The smallest absolute Gasteiger partial charge is 0.257 e. The predicted octanol–water partition coefficient (Wildman–Crippen LogP) is 5.28. The summed E-state index contributed by atoms with van der Waals surface area (Å²) in [4.78, 5) is 30.2. The van der Waals surface area contributed by atoms with Crippen molar-refractivity contribution in [1.29, 1.82) is 0 Å². The van der Waals surface area contributed by atoms with E-state index in [1.165, 1.54) is 16.9 Å². The summed E-state index contributed by atoms with van der Waals surface area (Å²) in [6.45, 7) is 2.20. The number of para-hydroxylation sites is 1. The fourth-order valence-corrected chi connectivity index (χ4v) is 4.36. The molecular weight excluding hydrogens is 450 g/mol. The number of carbonyl (C=O) groups excluding carboxylic acids is 2. The van der Waals surface area contributed by atoms with Gasteiger partial charge in [-0.25, -0.2) is 4.98 Å². The van der Waals surface area contributed by atoms with Crippen LogP contribution in [-0.4, -0.2) is 23.6 Å². The molecule has 34 heavy (non-hydrogen) atoms. The molecule has 2 amide bonds. The molecule has 2 heterocycles. The van der Waals surface area contributed by atoms with Crippen LogP contribution in [0.25, 0.3) is 10.6 Å². The van der Waals surface area contributed by atoms with Crippen LogP contribution in [0.15, 0.2) is 72.1 Å². The van der Waals surface area contributed by atoms with E-state index in [-0.39, 0.29) is 25.0 Å². The number of fused-ring (bicyclic) bond motifs is 1. The Balaban J connectivity index is 1.26. The second kappa shape index (κ2) is 9.36. The number of ether oxygens (including phenoxy) is 2. The number of nitrogens with zero attached hydrogens (tertiary/aromatic N) is 1. The topological polar surface area (TPSA) is 89.6 Å². The first kappa shape index (κ1) is 21.7. The van der Waals surface area contributed by atoms with Gasteiger partial charge in [-0.15, -0.1) is 11.3 Å². The Kier molecular flexibility index (Phi) is 5.97. The zero-order valence-corrected chi connectivity index (χ0v) is 19.1. The van der Waals surface area contributed by atoms with Crippen molar-refractivity contribution in [2.45, 2.75) is 13.3 Å². The third kappa shape index (κ3) is 4.77. The molecule has 3 aromatic carbocycles. The molecule has 2 N–H and O–H groups in total. The van der Waals surface area contributed by atoms with Crippen LogP contribution in [-0.2, 0) is 11.2 Å². The maximum Gasteiger partial charge on any atom is 0.257 e. The Bertz CT molecular complexity index is 1360. The van der Waals surface area contributed by atoms with Crippen molar-refractivity contribution < 1.29 is 19.1 Å². The van der Waals surface area contributed by atoms with E-state index in [9.17, 15) is 9.59 Å². The zero-order valence-electron chi connectivity index (χ0n) is 18.3. The highest BCUT2D eigenvalue weighted by Gasteiger charge is 2.17. The normalized spacial score (nSPS) is 11.8. The largest absolute Gasteiger partial charge is 0.454 e. The molecule has 0 saturated heterocycles. The number of nitrogens with one attached hydrogen (secondary N) is 2. The average Bonchev–Trinajstić information content (AvgIpc) is 3.49. The van der Waals surface area contributed by atoms with Crippen LogP contribution in [0.5, 0.6) is 11.5 Å². The van der Waals surface area contributed by atoms with Gasteiger partial charge in [-0.1, -0.05) is 42.0 Å². The molecule has 0 atom stereocenters. The molecule has 0 spiro atoms. The first-order valence-corrected chi connectivity index (χ1v) is 11.5. The summed E-state index contributed by atoms with van der Waals surface area (Å²) in [7, 11) is 0. The first-order valence-electron chi connectivity index (χ1n) is 10.7. The van der Waals surface area contributed by atoms with Crippen molar-refractivity contribution in [3.63, 3.8) is 0 Å². The van der Waals surface area contributed by atoms with Gasteiger partial charge in [-0.3, -0.25) is 9.59 Å². The quantitative estimate of drug-likeness (QED) is 0.399. The molecule has 4 aromatic rings. The summed E-state index contributed by atoms with van der Waals surface area (Å²) in [6.07, 6.45) is 0.112. The third-order valence-corrected chi connectivity index (χ3v) is 6.21. The number of rotatable bonds is 6. The number of hydrogen-bond acceptors (Lipinski definition) is 6. The third-order valence-electron chi connectivity index (χ3n) is 5.27. The summed E-state index contributed by atoms with van der Waals surface area (Å²) in [5.41, 5.74) is 4.24. The Labute approximate surface area is 200 Å². The van der Waals surface area contributed by atoms with Crippen molar-refractivity contribution >= 4 is 34.5 Å². The number of thiazole rings is 1. The molecule has 1 aliphatic rings. The van der Waals surface area contributed by atoms with Gasteiger partial charge >= 0.3 is 0 Å². The Morgan fingerprint density at radius 1 is 0.971 bits per heavy atom. The maximum atomic E-state index is 12.9. The van der Waals surface area contributed by atoms with Gasteiger partial charge in [0, 0.05) is 22.7 Å². The average molecular weight is 472 g/mol. The van der Waals surface area contributed by atoms with Crippen molar-refractivity contribution in [3.05, 3.63) is 88.9 Å². The van der Waals surface area contributed by atoms with E-state index in [0.717, 1.165) is 10.6 Å². The Morgan fingerprint density at radius 3 is 2.62 bits per heavy atom. The highest BCUT2D eigenvalue weighted by molar-refractivity contribution is 7.13. The monoisotopic (exact) mass is 471 g/mol. The van der Waals surface area contributed by atoms with Gasteiger partial charge in [-0.05, 0) is 31.2 Å². The number of anilines is 2. The number of aryl methyl sites for hydroxylation is 1. The van der Waals surface area contributed by atoms with E-state index in [2.05, 4.69) is 15.6 Å². The molecule has 0 saturated carbocycles. The minimum atomic E-state index is -0.343. The van der Waals surface area contributed by atoms with Gasteiger partial charge < -0.3 is 20.1 Å². The van der Waals surface area contributed by atoms with Crippen molar-refractivity contribution in [2.75, 3.05) is 17.4 Å². The number of benzene rings is 3. The number of aromatic nitrogens is 1. The van der Waals surface area contributed by atoms with Gasteiger partial charge in [-0.2, -0.15) is 0 Å². The van der Waals surface area contributed by atoms with Crippen molar-refractivity contribution in [3.8, 4) is 22.1 Å². The van der Waals surface area contributed by atoms with Gasteiger partial charge in [0.2, 0.25) is 12.7 Å². The molecule has 1 aliphatic heterocycles. The maximum absolute atomic E-state index is 12.9. The number of carbonyl (C=O) groups is 2. The summed E-state index contributed by atoms with van der Waals surface area (Å²) < 4.78 is 10.7. The molecule has 8 heteroatoms. The summed E-state index contributed by atoms with van der Waals surface area (Å²) >= 11 is 1.50. The minimum Gasteiger partial charge on any atom is -0.454 e. The second-order valence-corrected chi connectivity index (χ2v) is 8.66. The Hall–Kier alpha value is -4.17. The highest BCUT2D eigenvalue weighted by Crippen LogP contribution is 2.34. The van der Waals surface area contributed by atoms with Crippen molar-refractivity contribution in [2.24, 2.45) is 0 Å². The van der Waals surface area contributed by atoms with Crippen LogP contribution in [0.1, 0.15) is 21.6 Å². The summed E-state index contributed by atoms with van der Waals surface area (Å²) in [5, 5.41) is 8.43. The molecule has 5 rings (SSSR count). The van der Waals surface area contributed by atoms with Crippen LogP contribution in [0.3, 0.4) is 0 Å². The van der Waals surface area contributed by atoms with Crippen LogP contribution >= 0.6 is 11.3 Å². The SMILES string of the molecule is Cc1ccc(-c2nc(CC(=O)Nc3ccccc3C(=O)Nc3ccc4c(c3)OCO4)cs2)cc1. The molecule has 0 bridgehead atoms. The minimum absolute atomic E-state index is 0.112.